The SMILES string of the molecule is Cn1c(C(F)(F)F)cc(=O)n(-c2ccc3snc(-c4ccc(OCC(=O)OC(C)(C)C)cc4)c3c2)c1=O. The Morgan fingerprint density at radius 2 is 1.70 bits per heavy atom. The highest BCUT2D eigenvalue weighted by atomic mass is 32.1. The van der Waals surface area contributed by atoms with E-state index in [0.29, 0.717) is 37.6 Å². The van der Waals surface area contributed by atoms with Crippen LogP contribution in [0.1, 0.15) is 26.5 Å². The molecule has 0 saturated heterocycles. The van der Waals surface area contributed by atoms with E-state index in [1.807, 2.05) is 0 Å². The minimum atomic E-state index is -4.84. The first-order chi connectivity index (χ1) is 17.2. The molecule has 37 heavy (non-hydrogen) atoms. The molecule has 0 spiro atoms. The number of nitrogens with zero attached hydrogens (tertiary/aromatic N) is 3. The van der Waals surface area contributed by atoms with E-state index in [2.05, 4.69) is 4.37 Å². The lowest BCUT2D eigenvalue weighted by Crippen LogP contribution is -2.40. The van der Waals surface area contributed by atoms with Crippen molar-refractivity contribution in [3.63, 3.8) is 0 Å². The molecule has 0 unspecified atom stereocenters. The zero-order valence-electron chi connectivity index (χ0n) is 20.3. The molecule has 194 valence electrons. The van der Waals surface area contributed by atoms with E-state index in [9.17, 15) is 27.6 Å². The van der Waals surface area contributed by atoms with E-state index in [1.165, 1.54) is 23.7 Å². The van der Waals surface area contributed by atoms with Gasteiger partial charge in [-0.1, -0.05) is 0 Å². The minimum Gasteiger partial charge on any atom is -0.482 e. The standard InChI is InChI=1S/C25H22F3N3O5S/c1-24(2,3)36-21(33)13-35-16-8-5-14(6-9-16)22-17-11-15(7-10-18(17)37-29-22)31-20(32)12-19(25(26,27)28)30(4)23(31)34/h5-12H,13H2,1-4H3. The van der Waals surface area contributed by atoms with Crippen molar-refractivity contribution in [2.45, 2.75) is 32.5 Å². The Balaban J connectivity index is 1.65. The van der Waals surface area contributed by atoms with Gasteiger partial charge in [-0.25, -0.2) is 14.2 Å². The van der Waals surface area contributed by atoms with Crippen LogP contribution in [0, 0.1) is 0 Å². The van der Waals surface area contributed by atoms with Crippen LogP contribution in [0.5, 0.6) is 5.75 Å². The van der Waals surface area contributed by atoms with E-state index in [4.69, 9.17) is 9.47 Å². The molecule has 0 aliphatic heterocycles. The van der Waals surface area contributed by atoms with Gasteiger partial charge in [-0.2, -0.15) is 17.5 Å². The van der Waals surface area contributed by atoms with Gasteiger partial charge in [-0.05, 0) is 74.8 Å². The quantitative estimate of drug-likeness (QED) is 0.350. The van der Waals surface area contributed by atoms with Crippen molar-refractivity contribution in [3.8, 4) is 22.7 Å². The summed E-state index contributed by atoms with van der Waals surface area (Å²) in [4.78, 5) is 37.0. The molecule has 2 heterocycles. The number of carbonyl (C=O) groups excluding carboxylic acids is 1. The lowest BCUT2D eigenvalue weighted by molar-refractivity contribution is -0.157. The summed E-state index contributed by atoms with van der Waals surface area (Å²) < 4.78 is 56.5. The molecule has 8 nitrogen and oxygen atoms in total. The van der Waals surface area contributed by atoms with Crippen LogP contribution in [0.3, 0.4) is 0 Å². The number of halogens is 3. The summed E-state index contributed by atoms with van der Waals surface area (Å²) in [7, 11) is 0.962. The van der Waals surface area contributed by atoms with Crippen LogP contribution in [0.15, 0.2) is 58.1 Å². The van der Waals surface area contributed by atoms with Gasteiger partial charge in [0.25, 0.3) is 5.56 Å². The monoisotopic (exact) mass is 533 g/mol. The van der Waals surface area contributed by atoms with Crippen LogP contribution in [0.25, 0.3) is 27.0 Å². The maximum atomic E-state index is 13.2. The molecule has 0 N–H and O–H groups in total. The van der Waals surface area contributed by atoms with E-state index in [-0.39, 0.29) is 12.3 Å². The number of hydrogen-bond acceptors (Lipinski definition) is 7. The molecule has 2 aromatic carbocycles. The molecule has 0 bridgehead atoms. The predicted molar refractivity (Wildman–Crippen MR) is 132 cm³/mol. The van der Waals surface area contributed by atoms with E-state index in [1.54, 1.807) is 51.1 Å². The molecule has 2 aromatic heterocycles. The Morgan fingerprint density at radius 1 is 1.03 bits per heavy atom. The molecule has 0 aliphatic carbocycles. The highest BCUT2D eigenvalue weighted by molar-refractivity contribution is 7.13. The molecule has 0 radical (unpaired) electrons. The fourth-order valence-electron chi connectivity index (χ4n) is 3.63. The number of carbonyl (C=O) groups is 1. The van der Waals surface area contributed by atoms with Crippen molar-refractivity contribution in [2.75, 3.05) is 6.61 Å². The van der Waals surface area contributed by atoms with E-state index in [0.717, 1.165) is 11.7 Å². The number of esters is 1. The van der Waals surface area contributed by atoms with E-state index >= 15 is 0 Å². The first-order valence-electron chi connectivity index (χ1n) is 11.0. The summed E-state index contributed by atoms with van der Waals surface area (Å²) in [5.74, 6) is -0.0612. The predicted octanol–water partition coefficient (Wildman–Crippen LogP) is 4.55. The van der Waals surface area contributed by atoms with Crippen molar-refractivity contribution in [1.82, 2.24) is 13.5 Å². The molecule has 4 rings (SSSR count). The van der Waals surface area contributed by atoms with Gasteiger partial charge in [0, 0.05) is 24.1 Å². The number of benzene rings is 2. The maximum absolute atomic E-state index is 13.2. The minimum absolute atomic E-state index is 0.116. The highest BCUT2D eigenvalue weighted by Gasteiger charge is 2.35. The van der Waals surface area contributed by atoms with Crippen molar-refractivity contribution < 1.29 is 27.4 Å². The van der Waals surface area contributed by atoms with Gasteiger partial charge in [-0.3, -0.25) is 9.36 Å². The molecule has 4 aromatic rings. The Labute approximate surface area is 212 Å². The highest BCUT2D eigenvalue weighted by Crippen LogP contribution is 2.33. The smallest absolute Gasteiger partial charge is 0.431 e. The lowest BCUT2D eigenvalue weighted by Gasteiger charge is -2.19. The lowest BCUT2D eigenvalue weighted by atomic mass is 10.1. The number of hydrogen-bond donors (Lipinski definition) is 0. The largest absolute Gasteiger partial charge is 0.482 e. The molecule has 0 fully saturated rings. The second-order valence-electron chi connectivity index (χ2n) is 9.15. The second kappa shape index (κ2) is 9.51. The van der Waals surface area contributed by atoms with Gasteiger partial charge in [0.2, 0.25) is 0 Å². The van der Waals surface area contributed by atoms with Gasteiger partial charge >= 0.3 is 17.8 Å². The number of fused-ring (bicyclic) bond motifs is 1. The normalized spacial score (nSPS) is 12.1. The average molecular weight is 534 g/mol. The van der Waals surface area contributed by atoms with Gasteiger partial charge in [0.1, 0.15) is 17.0 Å². The molecule has 0 aliphatic rings. The zero-order chi connectivity index (χ0) is 27.1. The fraction of sp³-hybridized carbons (Fsp3) is 0.280. The van der Waals surface area contributed by atoms with Gasteiger partial charge < -0.3 is 9.47 Å². The van der Waals surface area contributed by atoms with Crippen LogP contribution >= 0.6 is 11.5 Å². The average Bonchev–Trinajstić information content (AvgIpc) is 3.22. The molecule has 0 saturated carbocycles. The van der Waals surface area contributed by atoms with Crippen LogP contribution in [0.2, 0.25) is 0 Å². The first kappa shape index (κ1) is 26.1. The summed E-state index contributed by atoms with van der Waals surface area (Å²) in [6.07, 6.45) is -4.84. The number of rotatable bonds is 5. The van der Waals surface area contributed by atoms with E-state index < -0.39 is 34.7 Å². The topological polar surface area (TPSA) is 92.4 Å². The van der Waals surface area contributed by atoms with Crippen LogP contribution in [-0.4, -0.2) is 31.7 Å². The van der Waals surface area contributed by atoms with Gasteiger partial charge in [-0.15, -0.1) is 0 Å². The third kappa shape index (κ3) is 5.58. The molecule has 0 amide bonds. The van der Waals surface area contributed by atoms with Crippen molar-refractivity contribution in [3.05, 3.63) is 75.1 Å². The molecule has 0 atom stereocenters. The molecular formula is C25H22F3N3O5S. The number of ether oxygens (including phenoxy) is 2. The molecule has 12 heteroatoms. The summed E-state index contributed by atoms with van der Waals surface area (Å²) in [6.45, 7) is 5.02. The first-order valence-corrected chi connectivity index (χ1v) is 11.8. The zero-order valence-corrected chi connectivity index (χ0v) is 21.1. The van der Waals surface area contributed by atoms with Gasteiger partial charge in [0.05, 0.1) is 16.1 Å². The van der Waals surface area contributed by atoms with Crippen molar-refractivity contribution in [1.29, 1.82) is 0 Å². The summed E-state index contributed by atoms with van der Waals surface area (Å²) >= 11 is 1.19. The number of alkyl halides is 3. The van der Waals surface area contributed by atoms with Crippen LogP contribution in [0.4, 0.5) is 13.2 Å². The summed E-state index contributed by atoms with van der Waals surface area (Å²) in [5.41, 5.74) is -2.79. The maximum Gasteiger partial charge on any atom is 0.431 e. The van der Waals surface area contributed by atoms with Crippen molar-refractivity contribution >= 4 is 27.6 Å². The van der Waals surface area contributed by atoms with Crippen LogP contribution in [-0.2, 0) is 22.8 Å². The number of aromatic nitrogens is 3. The Morgan fingerprint density at radius 3 is 2.32 bits per heavy atom. The summed E-state index contributed by atoms with van der Waals surface area (Å²) in [5, 5.41) is 0.610. The third-order valence-corrected chi connectivity index (χ3v) is 6.05. The Kier molecular flexibility index (Phi) is 6.72. The van der Waals surface area contributed by atoms with Gasteiger partial charge in [0.15, 0.2) is 6.61 Å². The summed E-state index contributed by atoms with van der Waals surface area (Å²) in [6, 6.07) is 11.8. The Hall–Kier alpha value is -3.93. The Bertz CT molecular complexity index is 1600. The fourth-order valence-corrected chi connectivity index (χ4v) is 4.41. The van der Waals surface area contributed by atoms with Crippen molar-refractivity contribution in [2.24, 2.45) is 7.05 Å². The third-order valence-electron chi connectivity index (χ3n) is 5.23. The second-order valence-corrected chi connectivity index (χ2v) is 9.96. The molecular weight excluding hydrogens is 511 g/mol. The van der Waals surface area contributed by atoms with Crippen LogP contribution < -0.4 is 16.0 Å².